The van der Waals surface area contributed by atoms with Crippen molar-refractivity contribution in [2.75, 3.05) is 19.6 Å². The fraction of sp³-hybridized carbons (Fsp3) is 0.381. The van der Waals surface area contributed by atoms with E-state index in [-0.39, 0.29) is 17.3 Å². The van der Waals surface area contributed by atoms with E-state index in [4.69, 9.17) is 0 Å². The van der Waals surface area contributed by atoms with Crippen molar-refractivity contribution >= 4 is 17.3 Å². The first kappa shape index (κ1) is 21.4. The minimum absolute atomic E-state index is 0.0417. The SMILES string of the molecule is CC(C(=O)N[C@H](CN1CCCC1)c1cccc([N+](=O)[O-])c1)c1ccccc1[N+](=O)[O-]. The second kappa shape index (κ2) is 9.45. The van der Waals surface area contributed by atoms with E-state index in [1.807, 2.05) is 0 Å². The summed E-state index contributed by atoms with van der Waals surface area (Å²) in [5.41, 5.74) is 0.824. The Morgan fingerprint density at radius 2 is 1.77 bits per heavy atom. The fourth-order valence-electron chi connectivity index (χ4n) is 3.77. The molecule has 1 amide bonds. The zero-order valence-corrected chi connectivity index (χ0v) is 16.7. The highest BCUT2D eigenvalue weighted by Crippen LogP contribution is 2.28. The van der Waals surface area contributed by atoms with Crippen LogP contribution in [0, 0.1) is 20.2 Å². The van der Waals surface area contributed by atoms with Gasteiger partial charge in [-0.05, 0) is 38.4 Å². The molecule has 0 spiro atoms. The van der Waals surface area contributed by atoms with Crippen LogP contribution in [0.25, 0.3) is 0 Å². The van der Waals surface area contributed by atoms with E-state index in [1.165, 1.54) is 18.2 Å². The molecule has 0 bridgehead atoms. The number of carbonyl (C=O) groups excluding carboxylic acids is 1. The zero-order chi connectivity index (χ0) is 21.7. The monoisotopic (exact) mass is 412 g/mol. The summed E-state index contributed by atoms with van der Waals surface area (Å²) in [6.45, 7) is 3.95. The molecule has 1 aliphatic rings. The molecule has 0 aliphatic carbocycles. The fourth-order valence-corrected chi connectivity index (χ4v) is 3.77. The molecule has 1 fully saturated rings. The number of amides is 1. The van der Waals surface area contributed by atoms with Crippen molar-refractivity contribution in [3.05, 3.63) is 79.9 Å². The van der Waals surface area contributed by atoms with Crippen molar-refractivity contribution < 1.29 is 14.6 Å². The third-order valence-corrected chi connectivity index (χ3v) is 5.43. The van der Waals surface area contributed by atoms with Gasteiger partial charge in [0.15, 0.2) is 0 Å². The lowest BCUT2D eigenvalue weighted by Crippen LogP contribution is -2.38. The van der Waals surface area contributed by atoms with Gasteiger partial charge in [-0.25, -0.2) is 0 Å². The number of rotatable bonds is 8. The average molecular weight is 412 g/mol. The summed E-state index contributed by atoms with van der Waals surface area (Å²) in [7, 11) is 0. The number of carbonyl (C=O) groups is 1. The van der Waals surface area contributed by atoms with E-state index in [9.17, 15) is 25.0 Å². The van der Waals surface area contributed by atoms with Crippen LogP contribution in [0.5, 0.6) is 0 Å². The quantitative estimate of drug-likeness (QED) is 0.523. The Labute approximate surface area is 174 Å². The van der Waals surface area contributed by atoms with Crippen LogP contribution < -0.4 is 5.32 Å². The molecule has 1 aliphatic heterocycles. The van der Waals surface area contributed by atoms with Crippen LogP contribution >= 0.6 is 0 Å². The number of para-hydroxylation sites is 1. The molecule has 30 heavy (non-hydrogen) atoms. The van der Waals surface area contributed by atoms with Gasteiger partial charge in [-0.2, -0.15) is 0 Å². The number of hydrogen-bond acceptors (Lipinski definition) is 6. The minimum Gasteiger partial charge on any atom is -0.347 e. The van der Waals surface area contributed by atoms with E-state index >= 15 is 0 Å². The first-order valence-corrected chi connectivity index (χ1v) is 9.87. The molecule has 2 aromatic rings. The van der Waals surface area contributed by atoms with Gasteiger partial charge in [0.1, 0.15) is 0 Å². The largest absolute Gasteiger partial charge is 0.347 e. The number of nitro benzene ring substituents is 2. The summed E-state index contributed by atoms with van der Waals surface area (Å²) < 4.78 is 0. The Kier molecular flexibility index (Phi) is 6.73. The second-order valence-electron chi connectivity index (χ2n) is 7.46. The van der Waals surface area contributed by atoms with E-state index in [1.54, 1.807) is 37.3 Å². The van der Waals surface area contributed by atoms with E-state index in [0.29, 0.717) is 17.7 Å². The van der Waals surface area contributed by atoms with Crippen LogP contribution in [0.15, 0.2) is 48.5 Å². The Balaban J connectivity index is 1.85. The predicted molar refractivity (Wildman–Crippen MR) is 111 cm³/mol. The molecule has 1 unspecified atom stereocenters. The summed E-state index contributed by atoms with van der Waals surface area (Å²) in [6, 6.07) is 11.9. The molecule has 1 saturated heterocycles. The lowest BCUT2D eigenvalue weighted by Gasteiger charge is -2.26. The summed E-state index contributed by atoms with van der Waals surface area (Å²) in [5.74, 6) is -1.11. The molecule has 3 rings (SSSR count). The summed E-state index contributed by atoms with van der Waals surface area (Å²) >= 11 is 0. The van der Waals surface area contributed by atoms with Crippen molar-refractivity contribution in [3.8, 4) is 0 Å². The van der Waals surface area contributed by atoms with Crippen molar-refractivity contribution in [1.29, 1.82) is 0 Å². The molecule has 0 saturated carbocycles. The van der Waals surface area contributed by atoms with Gasteiger partial charge in [0.05, 0.1) is 21.8 Å². The normalized spacial score (nSPS) is 16.0. The van der Waals surface area contributed by atoms with E-state index in [0.717, 1.165) is 25.9 Å². The number of nitro groups is 2. The maximum absolute atomic E-state index is 13.0. The lowest BCUT2D eigenvalue weighted by molar-refractivity contribution is -0.385. The number of nitrogens with one attached hydrogen (secondary N) is 1. The van der Waals surface area contributed by atoms with Crippen LogP contribution in [0.4, 0.5) is 11.4 Å². The minimum atomic E-state index is -0.744. The summed E-state index contributed by atoms with van der Waals surface area (Å²) in [6.07, 6.45) is 2.14. The molecule has 9 nitrogen and oxygen atoms in total. The van der Waals surface area contributed by atoms with Crippen LogP contribution in [-0.2, 0) is 4.79 Å². The highest BCUT2D eigenvalue weighted by molar-refractivity contribution is 5.84. The Morgan fingerprint density at radius 1 is 1.07 bits per heavy atom. The van der Waals surface area contributed by atoms with Crippen LogP contribution in [0.1, 0.15) is 42.9 Å². The van der Waals surface area contributed by atoms with Crippen LogP contribution in [0.2, 0.25) is 0 Å². The molecule has 2 aromatic carbocycles. The molecule has 0 aromatic heterocycles. The van der Waals surface area contributed by atoms with Crippen molar-refractivity contribution in [1.82, 2.24) is 10.2 Å². The molecule has 0 radical (unpaired) electrons. The third kappa shape index (κ3) is 4.98. The smallest absolute Gasteiger partial charge is 0.273 e. The molecule has 9 heteroatoms. The number of nitrogens with zero attached hydrogens (tertiary/aromatic N) is 3. The third-order valence-electron chi connectivity index (χ3n) is 5.43. The average Bonchev–Trinajstić information content (AvgIpc) is 3.25. The molecular weight excluding hydrogens is 388 g/mol. The predicted octanol–water partition coefficient (Wildman–Crippen LogP) is 3.56. The number of hydrogen-bond donors (Lipinski definition) is 1. The lowest BCUT2D eigenvalue weighted by atomic mass is 9.97. The van der Waals surface area contributed by atoms with Crippen molar-refractivity contribution in [2.45, 2.75) is 31.7 Å². The van der Waals surface area contributed by atoms with Gasteiger partial charge in [0.25, 0.3) is 11.4 Å². The van der Waals surface area contributed by atoms with Gasteiger partial charge < -0.3 is 10.2 Å². The molecule has 1 N–H and O–H groups in total. The maximum Gasteiger partial charge on any atom is 0.273 e. The first-order valence-electron chi connectivity index (χ1n) is 9.87. The van der Waals surface area contributed by atoms with Gasteiger partial charge in [-0.1, -0.05) is 30.3 Å². The first-order chi connectivity index (χ1) is 14.4. The Hall–Kier alpha value is -3.33. The topological polar surface area (TPSA) is 119 Å². The number of likely N-dealkylation sites (tertiary alicyclic amines) is 1. The Bertz CT molecular complexity index is 942. The highest BCUT2D eigenvalue weighted by Gasteiger charge is 2.28. The highest BCUT2D eigenvalue weighted by atomic mass is 16.6. The van der Waals surface area contributed by atoms with Gasteiger partial charge in [0, 0.05) is 30.3 Å². The molecule has 1 heterocycles. The van der Waals surface area contributed by atoms with Gasteiger partial charge in [-0.15, -0.1) is 0 Å². The van der Waals surface area contributed by atoms with Gasteiger partial charge >= 0.3 is 0 Å². The summed E-state index contributed by atoms with van der Waals surface area (Å²) in [5, 5.41) is 25.5. The number of benzene rings is 2. The van der Waals surface area contributed by atoms with Gasteiger partial charge in [0.2, 0.25) is 5.91 Å². The number of non-ortho nitro benzene ring substituents is 1. The maximum atomic E-state index is 13.0. The van der Waals surface area contributed by atoms with Crippen molar-refractivity contribution in [2.24, 2.45) is 0 Å². The summed E-state index contributed by atoms with van der Waals surface area (Å²) in [4.78, 5) is 36.8. The standard InChI is InChI=1S/C21H24N4O5/c1-15(18-9-2-3-10-20(18)25(29)30)21(26)22-19(14-23-11-4-5-12-23)16-7-6-8-17(13-16)24(27)28/h2-3,6-10,13,15,19H,4-5,11-12,14H2,1H3,(H,22,26)/t15?,19-/m1/s1. The van der Waals surface area contributed by atoms with Crippen LogP contribution in [0.3, 0.4) is 0 Å². The Morgan fingerprint density at radius 3 is 2.43 bits per heavy atom. The van der Waals surface area contributed by atoms with Crippen molar-refractivity contribution in [3.63, 3.8) is 0 Å². The zero-order valence-electron chi connectivity index (χ0n) is 16.7. The van der Waals surface area contributed by atoms with Gasteiger partial charge in [-0.3, -0.25) is 25.0 Å². The molecule has 158 valence electrons. The molecular formula is C21H24N4O5. The van der Waals surface area contributed by atoms with E-state index in [2.05, 4.69) is 10.2 Å². The molecule has 2 atom stereocenters. The van der Waals surface area contributed by atoms with Crippen LogP contribution in [-0.4, -0.2) is 40.3 Å². The van der Waals surface area contributed by atoms with E-state index < -0.39 is 21.8 Å². The second-order valence-corrected chi connectivity index (χ2v) is 7.46.